The Labute approximate surface area is 189 Å². The van der Waals surface area contributed by atoms with Crippen LogP contribution in [0, 0.1) is 0 Å². The monoisotopic (exact) mass is 511 g/mol. The fraction of sp³-hybridized carbons (Fsp3) is 0.526. The van der Waals surface area contributed by atoms with Gasteiger partial charge in [-0.2, -0.15) is 13.2 Å². The zero-order chi connectivity index (χ0) is 23.6. The van der Waals surface area contributed by atoms with Crippen LogP contribution in [0.2, 0.25) is 0 Å². The molecule has 178 valence electrons. The van der Waals surface area contributed by atoms with Crippen molar-refractivity contribution >= 4 is 31.2 Å². The van der Waals surface area contributed by atoms with Gasteiger partial charge in [-0.3, -0.25) is 0 Å². The number of hydrogen-bond donors (Lipinski definition) is 1. The molecule has 32 heavy (non-hydrogen) atoms. The van der Waals surface area contributed by atoms with Crippen LogP contribution in [-0.4, -0.2) is 52.4 Å². The number of rotatable bonds is 8. The van der Waals surface area contributed by atoms with E-state index < -0.39 is 36.6 Å². The quantitative estimate of drug-likeness (QED) is 0.545. The number of pyridine rings is 1. The molecule has 2 aromatic heterocycles. The average Bonchev–Trinajstić information content (AvgIpc) is 3.24. The molecule has 0 bridgehead atoms. The molecule has 7 nitrogen and oxygen atoms in total. The summed E-state index contributed by atoms with van der Waals surface area (Å²) in [6.07, 6.45) is -0.117. The Morgan fingerprint density at radius 1 is 1.12 bits per heavy atom. The van der Waals surface area contributed by atoms with Crippen molar-refractivity contribution in [1.29, 1.82) is 0 Å². The van der Waals surface area contributed by atoms with Crippen LogP contribution in [0.5, 0.6) is 0 Å². The number of nitrogens with zero attached hydrogens (tertiary/aromatic N) is 2. The second-order valence-electron chi connectivity index (χ2n) is 7.59. The van der Waals surface area contributed by atoms with Gasteiger partial charge >= 0.3 is 6.18 Å². The number of nitrogens with one attached hydrogen (secondary N) is 1. The number of likely N-dealkylation sites (tertiary alicyclic amines) is 1. The third-order valence-electron chi connectivity index (χ3n) is 5.28. The van der Waals surface area contributed by atoms with Gasteiger partial charge in [0.05, 0.1) is 5.56 Å². The number of aromatic nitrogens is 1. The van der Waals surface area contributed by atoms with E-state index in [4.69, 9.17) is 0 Å². The highest BCUT2D eigenvalue weighted by atomic mass is 32.3. The molecule has 0 radical (unpaired) electrons. The maximum absolute atomic E-state index is 12.7. The van der Waals surface area contributed by atoms with Crippen LogP contribution in [-0.2, 0) is 26.0 Å². The smallest absolute Gasteiger partial charge is 0.301 e. The molecule has 13 heteroatoms. The molecule has 0 aromatic carbocycles. The Balaban J connectivity index is 1.64. The number of alkyl halides is 3. The first-order valence-electron chi connectivity index (χ1n) is 10.0. The number of piperidine rings is 1. The van der Waals surface area contributed by atoms with Crippen LogP contribution < -0.4 is 4.72 Å². The van der Waals surface area contributed by atoms with E-state index in [-0.39, 0.29) is 15.0 Å². The van der Waals surface area contributed by atoms with Crippen molar-refractivity contribution in [2.75, 3.05) is 19.6 Å². The highest BCUT2D eigenvalue weighted by molar-refractivity contribution is 7.95. The van der Waals surface area contributed by atoms with Gasteiger partial charge < -0.3 is 4.90 Å². The molecule has 1 saturated heterocycles. The van der Waals surface area contributed by atoms with Gasteiger partial charge in [-0.25, -0.2) is 26.5 Å². The Bertz CT molecular complexity index is 1130. The standard InChI is InChI=1S/C19H24F3N3O4S3/c1-14-5-2-3-11-25(14)12-4-10-24-32(28,29)18-9-8-17(30-18)31(26,27)16-7-6-15(13-23-16)19(20,21)22/h6-9,13-14,24H,2-5,10-12H2,1H3/t14-/m1/s1. The molecule has 1 N–H and O–H groups in total. The Kier molecular flexibility index (Phi) is 7.65. The lowest BCUT2D eigenvalue weighted by molar-refractivity contribution is -0.137. The van der Waals surface area contributed by atoms with Crippen LogP contribution in [0.3, 0.4) is 0 Å². The van der Waals surface area contributed by atoms with Gasteiger partial charge in [-0.15, -0.1) is 11.3 Å². The van der Waals surface area contributed by atoms with Gasteiger partial charge in [0.1, 0.15) is 8.42 Å². The van der Waals surface area contributed by atoms with Crippen LogP contribution >= 0.6 is 11.3 Å². The minimum atomic E-state index is -4.64. The van der Waals surface area contributed by atoms with Crippen LogP contribution in [0.4, 0.5) is 13.2 Å². The van der Waals surface area contributed by atoms with Gasteiger partial charge in [0, 0.05) is 18.8 Å². The third kappa shape index (κ3) is 5.87. The molecular formula is C19H24F3N3O4S3. The predicted molar refractivity (Wildman–Crippen MR) is 114 cm³/mol. The van der Waals surface area contributed by atoms with E-state index in [1.165, 1.54) is 6.42 Å². The van der Waals surface area contributed by atoms with E-state index in [0.717, 1.165) is 44.1 Å². The summed E-state index contributed by atoms with van der Waals surface area (Å²) in [6.45, 7) is 4.14. The lowest BCUT2D eigenvalue weighted by Crippen LogP contribution is -2.39. The Morgan fingerprint density at radius 3 is 2.47 bits per heavy atom. The first kappa shape index (κ1) is 25.1. The highest BCUT2D eigenvalue weighted by Crippen LogP contribution is 2.32. The summed E-state index contributed by atoms with van der Waals surface area (Å²) in [4.78, 5) is 5.73. The summed E-state index contributed by atoms with van der Waals surface area (Å²) in [6, 6.07) is 4.13. The van der Waals surface area contributed by atoms with Gasteiger partial charge in [-0.1, -0.05) is 6.42 Å². The second kappa shape index (κ2) is 9.75. The minimum absolute atomic E-state index is 0.186. The first-order valence-corrected chi connectivity index (χ1v) is 13.8. The molecule has 1 fully saturated rings. The number of thiophene rings is 1. The molecule has 0 unspecified atom stereocenters. The van der Waals surface area contributed by atoms with E-state index in [1.54, 1.807) is 0 Å². The predicted octanol–water partition coefficient (Wildman–Crippen LogP) is 3.54. The topological polar surface area (TPSA) is 96.4 Å². The fourth-order valence-electron chi connectivity index (χ4n) is 3.45. The Hall–Kier alpha value is -1.54. The van der Waals surface area contributed by atoms with Crippen molar-refractivity contribution in [3.8, 4) is 0 Å². The number of sulfone groups is 1. The van der Waals surface area contributed by atoms with Crippen molar-refractivity contribution in [3.63, 3.8) is 0 Å². The van der Waals surface area contributed by atoms with Crippen LogP contribution in [0.25, 0.3) is 0 Å². The van der Waals surface area contributed by atoms with E-state index in [0.29, 0.717) is 36.1 Å². The lowest BCUT2D eigenvalue weighted by atomic mass is 10.0. The molecule has 1 aliphatic rings. The number of hydrogen-bond acceptors (Lipinski definition) is 7. The summed E-state index contributed by atoms with van der Waals surface area (Å²) in [5, 5.41) is -0.583. The largest absolute Gasteiger partial charge is 0.417 e. The molecule has 2 aromatic rings. The summed E-state index contributed by atoms with van der Waals surface area (Å²) < 4.78 is 90.3. The van der Waals surface area contributed by atoms with Gasteiger partial charge in [-0.05, 0) is 63.5 Å². The average molecular weight is 512 g/mol. The second-order valence-corrected chi connectivity index (χ2v) is 12.8. The zero-order valence-electron chi connectivity index (χ0n) is 17.3. The molecule has 0 spiro atoms. The Morgan fingerprint density at radius 2 is 1.84 bits per heavy atom. The van der Waals surface area contributed by atoms with Crippen LogP contribution in [0.1, 0.15) is 38.2 Å². The molecule has 1 aliphatic heterocycles. The van der Waals surface area contributed by atoms with E-state index in [2.05, 4.69) is 21.5 Å². The molecule has 0 aliphatic carbocycles. The molecule has 0 saturated carbocycles. The van der Waals surface area contributed by atoms with E-state index in [9.17, 15) is 30.0 Å². The van der Waals surface area contributed by atoms with Gasteiger partial charge in [0.15, 0.2) is 5.03 Å². The zero-order valence-corrected chi connectivity index (χ0v) is 19.7. The summed E-state index contributed by atoms with van der Waals surface area (Å²) >= 11 is 0.527. The molecular weight excluding hydrogens is 487 g/mol. The SMILES string of the molecule is C[C@@H]1CCCCN1CCCNS(=O)(=O)c1ccc(S(=O)(=O)c2ccc(C(F)(F)F)cn2)s1. The van der Waals surface area contributed by atoms with Crippen LogP contribution in [0.15, 0.2) is 43.9 Å². The third-order valence-corrected chi connectivity index (χ3v) is 10.5. The van der Waals surface area contributed by atoms with Crippen molar-refractivity contribution in [1.82, 2.24) is 14.6 Å². The highest BCUT2D eigenvalue weighted by Gasteiger charge is 2.32. The molecule has 0 amide bonds. The van der Waals surface area contributed by atoms with Crippen molar-refractivity contribution < 1.29 is 30.0 Å². The summed E-state index contributed by atoms with van der Waals surface area (Å²) in [5.74, 6) is 0. The van der Waals surface area contributed by atoms with E-state index >= 15 is 0 Å². The maximum Gasteiger partial charge on any atom is 0.417 e. The number of sulfonamides is 1. The minimum Gasteiger partial charge on any atom is -0.301 e. The van der Waals surface area contributed by atoms with Crippen molar-refractivity contribution in [2.24, 2.45) is 0 Å². The summed E-state index contributed by atoms with van der Waals surface area (Å²) in [5.41, 5.74) is -1.07. The molecule has 3 heterocycles. The van der Waals surface area contributed by atoms with E-state index in [1.807, 2.05) is 0 Å². The van der Waals surface area contributed by atoms with Gasteiger partial charge in [0.25, 0.3) is 0 Å². The van der Waals surface area contributed by atoms with Gasteiger partial charge in [0.2, 0.25) is 19.9 Å². The number of halogens is 3. The normalized spacial score (nSPS) is 18.7. The molecule has 1 atom stereocenters. The lowest BCUT2D eigenvalue weighted by Gasteiger charge is -2.33. The van der Waals surface area contributed by atoms with Crippen molar-refractivity contribution in [3.05, 3.63) is 36.0 Å². The summed E-state index contributed by atoms with van der Waals surface area (Å²) in [7, 11) is -8.15. The fourth-order valence-corrected chi connectivity index (χ4v) is 7.62. The molecule has 3 rings (SSSR count). The first-order chi connectivity index (χ1) is 14.9. The van der Waals surface area contributed by atoms with Crippen molar-refractivity contribution in [2.45, 2.75) is 58.3 Å². The maximum atomic E-state index is 12.7.